The van der Waals surface area contributed by atoms with Crippen LogP contribution in [0.5, 0.6) is 5.75 Å². The third kappa shape index (κ3) is 4.22. The van der Waals surface area contributed by atoms with Gasteiger partial charge in [-0.2, -0.15) is 0 Å². The minimum Gasteiger partial charge on any atom is -0.497 e. The summed E-state index contributed by atoms with van der Waals surface area (Å²) in [7, 11) is 3.29. The number of methoxy groups -OCH3 is 2. The lowest BCUT2D eigenvalue weighted by Crippen LogP contribution is -2.65. The van der Waals surface area contributed by atoms with Gasteiger partial charge in [-0.05, 0) is 44.4 Å². The highest BCUT2D eigenvalue weighted by molar-refractivity contribution is 6.03. The van der Waals surface area contributed by atoms with Crippen molar-refractivity contribution in [3.8, 4) is 5.75 Å². The van der Waals surface area contributed by atoms with Crippen LogP contribution >= 0.6 is 0 Å². The van der Waals surface area contributed by atoms with E-state index in [2.05, 4.69) is 5.32 Å². The molecule has 4 rings (SSSR count). The average molecular weight is 442 g/mol. The molecule has 2 amide bonds. The summed E-state index contributed by atoms with van der Waals surface area (Å²) in [6, 6.07) is 7.90. The summed E-state index contributed by atoms with van der Waals surface area (Å²) in [5.41, 5.74) is 0.558. The maximum Gasteiger partial charge on any atom is 0.271 e. The molecule has 174 valence electrons. The van der Waals surface area contributed by atoms with Crippen molar-refractivity contribution in [1.82, 2.24) is 14.8 Å². The van der Waals surface area contributed by atoms with E-state index in [0.717, 1.165) is 42.3 Å². The summed E-state index contributed by atoms with van der Waals surface area (Å²) < 4.78 is 12.6. The molecule has 1 unspecified atom stereocenters. The van der Waals surface area contributed by atoms with Gasteiger partial charge in [0.05, 0.1) is 19.2 Å². The van der Waals surface area contributed by atoms with E-state index in [9.17, 15) is 9.59 Å². The number of nitrogens with one attached hydrogen (secondary N) is 1. The Morgan fingerprint density at radius 3 is 2.59 bits per heavy atom. The molecule has 1 fully saturated rings. The van der Waals surface area contributed by atoms with Gasteiger partial charge in [-0.15, -0.1) is 0 Å². The SMILES string of the molecule is COCCCN1C(=O)c2cc3ccc(OC)cc3n2CC1(C)C(=O)NC1CCCCCC1. The Hall–Kier alpha value is -2.54. The maximum absolute atomic E-state index is 13.7. The fourth-order valence-electron chi connectivity index (χ4n) is 5.14. The molecule has 2 heterocycles. The molecule has 1 aliphatic heterocycles. The molecule has 1 aromatic heterocycles. The van der Waals surface area contributed by atoms with E-state index < -0.39 is 5.54 Å². The van der Waals surface area contributed by atoms with Crippen LogP contribution in [-0.2, 0) is 16.1 Å². The van der Waals surface area contributed by atoms with E-state index in [0.29, 0.717) is 31.8 Å². The van der Waals surface area contributed by atoms with E-state index >= 15 is 0 Å². The lowest BCUT2D eigenvalue weighted by Gasteiger charge is -2.44. The van der Waals surface area contributed by atoms with Crippen molar-refractivity contribution in [1.29, 1.82) is 0 Å². The van der Waals surface area contributed by atoms with E-state index in [4.69, 9.17) is 9.47 Å². The van der Waals surface area contributed by atoms with Crippen LogP contribution in [0.3, 0.4) is 0 Å². The Labute approximate surface area is 190 Å². The number of ether oxygens (including phenoxy) is 2. The summed E-state index contributed by atoms with van der Waals surface area (Å²) >= 11 is 0. The zero-order valence-electron chi connectivity index (χ0n) is 19.5. The fourth-order valence-corrected chi connectivity index (χ4v) is 5.14. The largest absolute Gasteiger partial charge is 0.497 e. The fraction of sp³-hybridized carbons (Fsp3) is 0.600. The van der Waals surface area contributed by atoms with Crippen LogP contribution in [0.2, 0.25) is 0 Å². The molecule has 2 aliphatic rings. The van der Waals surface area contributed by atoms with Crippen molar-refractivity contribution in [2.75, 3.05) is 27.4 Å². The molecule has 0 bridgehead atoms. The average Bonchev–Trinajstić information content (AvgIpc) is 2.95. The van der Waals surface area contributed by atoms with Gasteiger partial charge in [0.1, 0.15) is 17.0 Å². The Morgan fingerprint density at radius 2 is 1.91 bits per heavy atom. The van der Waals surface area contributed by atoms with Crippen molar-refractivity contribution in [2.24, 2.45) is 0 Å². The van der Waals surface area contributed by atoms with E-state index in [1.54, 1.807) is 19.1 Å². The summed E-state index contributed by atoms with van der Waals surface area (Å²) in [5, 5.41) is 4.27. The predicted molar refractivity (Wildman–Crippen MR) is 124 cm³/mol. The predicted octanol–water partition coefficient (Wildman–Crippen LogP) is 3.74. The van der Waals surface area contributed by atoms with Crippen molar-refractivity contribution in [2.45, 2.75) is 70.0 Å². The second-order valence-corrected chi connectivity index (χ2v) is 9.28. The van der Waals surface area contributed by atoms with E-state index in [1.165, 1.54) is 12.8 Å². The number of hydrogen-bond donors (Lipinski definition) is 1. The second kappa shape index (κ2) is 9.53. The lowest BCUT2D eigenvalue weighted by atomic mass is 9.93. The number of hydrogen-bond acceptors (Lipinski definition) is 4. The number of carbonyl (C=O) groups excluding carboxylic acids is 2. The van der Waals surface area contributed by atoms with E-state index in [1.807, 2.05) is 35.8 Å². The van der Waals surface area contributed by atoms with Crippen LogP contribution in [0.25, 0.3) is 10.9 Å². The van der Waals surface area contributed by atoms with Crippen LogP contribution in [0.1, 0.15) is 62.4 Å². The smallest absolute Gasteiger partial charge is 0.271 e. The molecular formula is C25H35N3O4. The summed E-state index contributed by atoms with van der Waals surface area (Å²) in [6.45, 7) is 3.34. The van der Waals surface area contributed by atoms with Crippen molar-refractivity contribution in [3.63, 3.8) is 0 Å². The highest BCUT2D eigenvalue weighted by atomic mass is 16.5. The van der Waals surface area contributed by atoms with Crippen molar-refractivity contribution < 1.29 is 19.1 Å². The van der Waals surface area contributed by atoms with Crippen LogP contribution in [0.15, 0.2) is 24.3 Å². The Balaban J connectivity index is 1.69. The van der Waals surface area contributed by atoms with Crippen molar-refractivity contribution in [3.05, 3.63) is 30.0 Å². The Kier molecular flexibility index (Phi) is 6.74. The summed E-state index contributed by atoms with van der Waals surface area (Å²) in [5.74, 6) is 0.560. The molecule has 0 radical (unpaired) electrons. The number of rotatable bonds is 7. The zero-order valence-corrected chi connectivity index (χ0v) is 19.5. The topological polar surface area (TPSA) is 72.8 Å². The first kappa shape index (κ1) is 22.6. The molecule has 1 aromatic carbocycles. The molecule has 1 N–H and O–H groups in total. The summed E-state index contributed by atoms with van der Waals surface area (Å²) in [6.07, 6.45) is 7.44. The third-order valence-corrected chi connectivity index (χ3v) is 7.05. The molecule has 7 nitrogen and oxygen atoms in total. The van der Waals surface area contributed by atoms with Crippen LogP contribution in [0, 0.1) is 0 Å². The van der Waals surface area contributed by atoms with Crippen LogP contribution in [0.4, 0.5) is 0 Å². The number of aromatic nitrogens is 1. The minimum absolute atomic E-state index is 0.0643. The molecule has 0 saturated heterocycles. The molecule has 7 heteroatoms. The van der Waals surface area contributed by atoms with Gasteiger partial charge < -0.3 is 24.3 Å². The second-order valence-electron chi connectivity index (χ2n) is 9.28. The van der Waals surface area contributed by atoms with Gasteiger partial charge in [-0.3, -0.25) is 9.59 Å². The van der Waals surface area contributed by atoms with Crippen molar-refractivity contribution >= 4 is 22.7 Å². The number of benzene rings is 1. The third-order valence-electron chi connectivity index (χ3n) is 7.05. The highest BCUT2D eigenvalue weighted by Gasteiger charge is 2.47. The van der Waals surface area contributed by atoms with Gasteiger partial charge in [0.25, 0.3) is 5.91 Å². The minimum atomic E-state index is -0.973. The molecular weight excluding hydrogens is 406 g/mol. The van der Waals surface area contributed by atoms with Gasteiger partial charge in [-0.25, -0.2) is 0 Å². The molecule has 2 aromatic rings. The van der Waals surface area contributed by atoms with Gasteiger partial charge in [0.15, 0.2) is 0 Å². The first-order valence-corrected chi connectivity index (χ1v) is 11.8. The molecule has 1 atom stereocenters. The molecule has 32 heavy (non-hydrogen) atoms. The number of carbonyl (C=O) groups is 2. The highest BCUT2D eigenvalue weighted by Crippen LogP contribution is 2.34. The first-order chi connectivity index (χ1) is 15.5. The quantitative estimate of drug-likeness (QED) is 0.525. The van der Waals surface area contributed by atoms with Crippen LogP contribution in [-0.4, -0.2) is 60.2 Å². The standard InChI is InChI=1S/C25H35N3O4/c1-25(24(30)26-19-9-6-4-5-7-10-19)17-27-21-16-20(32-3)12-11-18(21)15-22(27)23(29)28(25)13-8-14-31-2/h11-12,15-16,19H,4-10,13-14,17H2,1-3H3,(H,26,30). The number of fused-ring (bicyclic) bond motifs is 3. The zero-order chi connectivity index (χ0) is 22.7. The van der Waals surface area contributed by atoms with Crippen LogP contribution < -0.4 is 10.1 Å². The number of nitrogens with zero attached hydrogens (tertiary/aromatic N) is 2. The maximum atomic E-state index is 13.7. The Bertz CT molecular complexity index is 977. The first-order valence-electron chi connectivity index (χ1n) is 11.8. The number of amides is 2. The van der Waals surface area contributed by atoms with Gasteiger partial charge in [0.2, 0.25) is 5.91 Å². The monoisotopic (exact) mass is 441 g/mol. The van der Waals surface area contributed by atoms with E-state index in [-0.39, 0.29) is 17.9 Å². The lowest BCUT2D eigenvalue weighted by molar-refractivity contribution is -0.133. The summed E-state index contributed by atoms with van der Waals surface area (Å²) in [4.78, 5) is 29.1. The van der Waals surface area contributed by atoms with Gasteiger partial charge >= 0.3 is 0 Å². The molecule has 0 spiro atoms. The van der Waals surface area contributed by atoms with Gasteiger partial charge in [0, 0.05) is 37.8 Å². The Morgan fingerprint density at radius 1 is 1.16 bits per heavy atom. The normalized spacial score (nSPS) is 22.0. The molecule has 1 aliphatic carbocycles. The molecule has 1 saturated carbocycles. The van der Waals surface area contributed by atoms with Gasteiger partial charge in [-0.1, -0.05) is 25.7 Å².